The Hall–Kier alpha value is -0.540. The maximum absolute atomic E-state index is 5.28. The van der Waals surface area contributed by atoms with E-state index in [2.05, 4.69) is 19.1 Å². The molecule has 2 aromatic heterocycles. The normalized spacial score (nSPS) is 11.3. The number of hydrogen-bond acceptors (Lipinski definition) is 3. The number of aryl methyl sites for hydroxylation is 1. The standard InChI is InChI=1S/C17H26OS2/c1-3-4-5-6-7-8-9-10-11-14-12-15-16(19-14)13-17(18-2)20-15/h12-13H,3-11H2,1-2H3. The average Bonchev–Trinajstić information content (AvgIpc) is 2.99. The summed E-state index contributed by atoms with van der Waals surface area (Å²) < 4.78 is 8.06. The summed E-state index contributed by atoms with van der Waals surface area (Å²) in [6, 6.07) is 4.52. The predicted octanol–water partition coefficient (Wildman–Crippen LogP) is 6.65. The van der Waals surface area contributed by atoms with Crippen LogP contribution in [0.1, 0.15) is 63.2 Å². The Morgan fingerprint density at radius 2 is 1.50 bits per heavy atom. The molecule has 112 valence electrons. The molecule has 1 nitrogen and oxygen atoms in total. The van der Waals surface area contributed by atoms with Crippen molar-refractivity contribution in [3.8, 4) is 5.06 Å². The van der Waals surface area contributed by atoms with Crippen molar-refractivity contribution >= 4 is 32.1 Å². The molecule has 2 rings (SSSR count). The van der Waals surface area contributed by atoms with Gasteiger partial charge in [0.1, 0.15) is 0 Å². The summed E-state index contributed by atoms with van der Waals surface area (Å²) in [5.41, 5.74) is 0. The van der Waals surface area contributed by atoms with Gasteiger partial charge in [0, 0.05) is 20.3 Å². The van der Waals surface area contributed by atoms with Gasteiger partial charge in [0.2, 0.25) is 0 Å². The lowest BCUT2D eigenvalue weighted by Gasteiger charge is -2.00. The number of methoxy groups -OCH3 is 1. The van der Waals surface area contributed by atoms with Crippen molar-refractivity contribution in [3.05, 3.63) is 17.0 Å². The minimum absolute atomic E-state index is 1.03. The van der Waals surface area contributed by atoms with Crippen molar-refractivity contribution in [3.63, 3.8) is 0 Å². The smallest absolute Gasteiger partial charge is 0.175 e. The second kappa shape index (κ2) is 8.68. The first-order chi connectivity index (χ1) is 9.83. The highest BCUT2D eigenvalue weighted by molar-refractivity contribution is 7.28. The van der Waals surface area contributed by atoms with Crippen molar-refractivity contribution in [2.45, 2.75) is 64.7 Å². The zero-order chi connectivity index (χ0) is 14.2. The van der Waals surface area contributed by atoms with E-state index < -0.39 is 0 Å². The molecular weight excluding hydrogens is 284 g/mol. The quantitative estimate of drug-likeness (QED) is 0.446. The Bertz CT molecular complexity index is 467. The molecule has 0 bridgehead atoms. The van der Waals surface area contributed by atoms with Crippen LogP contribution in [-0.2, 0) is 6.42 Å². The molecular formula is C17H26OS2. The Morgan fingerprint density at radius 1 is 0.850 bits per heavy atom. The molecule has 0 saturated carbocycles. The average molecular weight is 311 g/mol. The fraction of sp³-hybridized carbons (Fsp3) is 0.647. The summed E-state index contributed by atoms with van der Waals surface area (Å²) in [4.78, 5) is 1.54. The molecule has 2 aromatic rings. The highest BCUT2D eigenvalue weighted by Gasteiger charge is 2.06. The van der Waals surface area contributed by atoms with E-state index >= 15 is 0 Å². The Morgan fingerprint density at radius 3 is 2.15 bits per heavy atom. The van der Waals surface area contributed by atoms with Crippen LogP contribution < -0.4 is 4.74 Å². The topological polar surface area (TPSA) is 9.23 Å². The van der Waals surface area contributed by atoms with Crippen molar-refractivity contribution < 1.29 is 4.74 Å². The van der Waals surface area contributed by atoms with E-state index in [4.69, 9.17) is 4.74 Å². The molecule has 0 aromatic carbocycles. The van der Waals surface area contributed by atoms with Gasteiger partial charge in [-0.15, -0.1) is 11.3 Å². The van der Waals surface area contributed by atoms with E-state index in [0.29, 0.717) is 0 Å². The third kappa shape index (κ3) is 4.78. The lowest BCUT2D eigenvalue weighted by molar-refractivity contribution is 0.427. The fourth-order valence-electron chi connectivity index (χ4n) is 2.52. The minimum Gasteiger partial charge on any atom is -0.487 e. The van der Waals surface area contributed by atoms with Gasteiger partial charge in [-0.25, -0.2) is 0 Å². The lowest BCUT2D eigenvalue weighted by Crippen LogP contribution is -1.83. The van der Waals surface area contributed by atoms with Gasteiger partial charge in [0.25, 0.3) is 0 Å². The summed E-state index contributed by atoms with van der Waals surface area (Å²) in [6.45, 7) is 2.28. The van der Waals surface area contributed by atoms with Crippen molar-refractivity contribution in [1.29, 1.82) is 0 Å². The van der Waals surface area contributed by atoms with Gasteiger partial charge in [-0.1, -0.05) is 63.2 Å². The Kier molecular flexibility index (Phi) is 6.88. The molecule has 3 heteroatoms. The molecule has 20 heavy (non-hydrogen) atoms. The molecule has 0 unspecified atom stereocenters. The number of hydrogen-bond donors (Lipinski definition) is 0. The van der Waals surface area contributed by atoms with Gasteiger partial charge in [0.15, 0.2) is 5.06 Å². The monoisotopic (exact) mass is 310 g/mol. The van der Waals surface area contributed by atoms with Gasteiger partial charge >= 0.3 is 0 Å². The molecule has 0 saturated heterocycles. The molecule has 0 aliphatic heterocycles. The van der Waals surface area contributed by atoms with Crippen LogP contribution in [0.3, 0.4) is 0 Å². The molecule has 2 heterocycles. The van der Waals surface area contributed by atoms with Crippen LogP contribution >= 0.6 is 22.7 Å². The van der Waals surface area contributed by atoms with E-state index in [0.717, 1.165) is 5.06 Å². The molecule has 0 amide bonds. The molecule has 0 fully saturated rings. The van der Waals surface area contributed by atoms with Crippen molar-refractivity contribution in [2.24, 2.45) is 0 Å². The third-order valence-electron chi connectivity index (χ3n) is 3.71. The zero-order valence-electron chi connectivity index (χ0n) is 12.7. The highest BCUT2D eigenvalue weighted by Crippen LogP contribution is 2.37. The van der Waals surface area contributed by atoms with Crippen LogP contribution in [0.4, 0.5) is 0 Å². The van der Waals surface area contributed by atoms with E-state index in [-0.39, 0.29) is 0 Å². The highest BCUT2D eigenvalue weighted by atomic mass is 32.1. The van der Waals surface area contributed by atoms with Crippen molar-refractivity contribution in [1.82, 2.24) is 0 Å². The van der Waals surface area contributed by atoms with Crippen LogP contribution in [0.15, 0.2) is 12.1 Å². The Labute approximate surface area is 131 Å². The fourth-order valence-corrected chi connectivity index (χ4v) is 4.79. The first-order valence-corrected chi connectivity index (χ1v) is 9.53. The number of ether oxygens (including phenoxy) is 1. The van der Waals surface area contributed by atoms with Gasteiger partial charge < -0.3 is 4.74 Å². The summed E-state index contributed by atoms with van der Waals surface area (Å²) in [5.74, 6) is 0. The lowest BCUT2D eigenvalue weighted by atomic mass is 10.1. The summed E-state index contributed by atoms with van der Waals surface area (Å²) >= 11 is 3.70. The van der Waals surface area contributed by atoms with Crippen LogP contribution in [0.5, 0.6) is 5.06 Å². The minimum atomic E-state index is 1.03. The van der Waals surface area contributed by atoms with Crippen molar-refractivity contribution in [2.75, 3.05) is 7.11 Å². The van der Waals surface area contributed by atoms with Crippen LogP contribution in [-0.4, -0.2) is 7.11 Å². The van der Waals surface area contributed by atoms with Crippen LogP contribution in [0.25, 0.3) is 9.40 Å². The van der Waals surface area contributed by atoms with Gasteiger partial charge in [-0.2, -0.15) is 0 Å². The van der Waals surface area contributed by atoms with Gasteiger partial charge in [-0.05, 0) is 18.9 Å². The van der Waals surface area contributed by atoms with Gasteiger partial charge in [-0.3, -0.25) is 0 Å². The molecule has 0 spiro atoms. The molecule has 0 N–H and O–H groups in total. The second-order valence-electron chi connectivity index (χ2n) is 5.44. The Balaban J connectivity index is 1.62. The van der Waals surface area contributed by atoms with Gasteiger partial charge in [0.05, 0.1) is 7.11 Å². The first kappa shape index (κ1) is 15.8. The van der Waals surface area contributed by atoms with Crippen LogP contribution in [0, 0.1) is 0 Å². The molecule has 0 radical (unpaired) electrons. The maximum atomic E-state index is 5.28. The van der Waals surface area contributed by atoms with Crippen LogP contribution in [0.2, 0.25) is 0 Å². The van der Waals surface area contributed by atoms with E-state index in [1.165, 1.54) is 67.2 Å². The van der Waals surface area contributed by atoms with E-state index in [9.17, 15) is 0 Å². The maximum Gasteiger partial charge on any atom is 0.175 e. The number of fused-ring (bicyclic) bond motifs is 1. The number of rotatable bonds is 10. The van der Waals surface area contributed by atoms with E-state index in [1.54, 1.807) is 23.3 Å². The molecule has 0 atom stereocenters. The number of thiophene rings is 2. The summed E-state index contributed by atoms with van der Waals surface area (Å²) in [7, 11) is 1.75. The number of unbranched alkanes of at least 4 members (excludes halogenated alkanes) is 7. The molecule has 0 aliphatic rings. The first-order valence-electron chi connectivity index (χ1n) is 7.89. The largest absolute Gasteiger partial charge is 0.487 e. The van der Waals surface area contributed by atoms with E-state index in [1.807, 2.05) is 11.3 Å². The zero-order valence-corrected chi connectivity index (χ0v) is 14.4. The summed E-state index contributed by atoms with van der Waals surface area (Å²) in [5, 5.41) is 1.03. The second-order valence-corrected chi connectivity index (χ2v) is 7.65. The summed E-state index contributed by atoms with van der Waals surface area (Å²) in [6.07, 6.45) is 12.5. The third-order valence-corrected chi connectivity index (χ3v) is 6.03. The predicted molar refractivity (Wildman–Crippen MR) is 92.6 cm³/mol. The SMILES string of the molecule is CCCCCCCCCCc1cc2sc(OC)cc2s1. The molecule has 0 aliphatic carbocycles.